The van der Waals surface area contributed by atoms with Gasteiger partial charge in [-0.3, -0.25) is 10.1 Å². The largest absolute Gasteiger partial charge is 1.00 e. The Hall–Kier alpha value is 0.320. The van der Waals surface area contributed by atoms with Gasteiger partial charge in [-0.2, -0.15) is 0 Å². The molecule has 54 valence electrons. The average molecular weight is 157 g/mol. The van der Waals surface area contributed by atoms with Crippen LogP contribution in [0.2, 0.25) is 0 Å². The summed E-state index contributed by atoms with van der Waals surface area (Å²) in [5, 5.41) is 10.00. The molecular formula is C4H8NNaO4. The third kappa shape index (κ3) is 2.94. The van der Waals surface area contributed by atoms with Crippen LogP contribution in [-0.4, -0.2) is 31.0 Å². The van der Waals surface area contributed by atoms with Crippen LogP contribution >= 0.6 is 0 Å². The molecular weight excluding hydrogens is 149 g/mol. The summed E-state index contributed by atoms with van der Waals surface area (Å²) in [5.74, 6) is 0. The zero-order valence-corrected chi connectivity index (χ0v) is 7.78. The second kappa shape index (κ2) is 5.03. The molecule has 0 bridgehead atoms. The van der Waals surface area contributed by atoms with Crippen molar-refractivity contribution in [2.45, 2.75) is 6.04 Å². The zero-order valence-electron chi connectivity index (χ0n) is 6.78. The van der Waals surface area contributed by atoms with E-state index in [1.165, 1.54) is 0 Å². The molecule has 0 spiro atoms. The van der Waals surface area contributed by atoms with E-state index in [9.17, 15) is 10.1 Å². The summed E-state index contributed by atoms with van der Waals surface area (Å²) in [6.45, 7) is 0.532. The Kier molecular flexibility index (Phi) is 5.20. The van der Waals surface area contributed by atoms with Gasteiger partial charge in [0.1, 0.15) is 20.0 Å². The molecule has 0 unspecified atom stereocenters. The zero-order chi connectivity index (χ0) is 6.69. The third-order valence-corrected chi connectivity index (χ3v) is 1.09. The van der Waals surface area contributed by atoms with Crippen molar-refractivity contribution in [3.63, 3.8) is 0 Å². The summed E-state index contributed by atoms with van der Waals surface area (Å²) in [6, 6.07) is -0.668. The number of rotatable bonds is 1. The van der Waals surface area contributed by atoms with Gasteiger partial charge in [-0.15, -0.1) is 0 Å². The minimum absolute atomic E-state index is 0. The summed E-state index contributed by atoms with van der Waals surface area (Å²) in [4.78, 5) is 9.61. The van der Waals surface area contributed by atoms with E-state index in [0.717, 1.165) is 0 Å². The monoisotopic (exact) mass is 157 g/mol. The van der Waals surface area contributed by atoms with E-state index in [0.29, 0.717) is 0 Å². The average Bonchev–Trinajstić information content (AvgIpc) is 1.90. The maximum Gasteiger partial charge on any atom is 1.00 e. The summed E-state index contributed by atoms with van der Waals surface area (Å²) in [7, 11) is 0. The fraction of sp³-hybridized carbons (Fsp3) is 1.00. The molecule has 1 aliphatic heterocycles. The van der Waals surface area contributed by atoms with Crippen molar-refractivity contribution in [1.29, 1.82) is 0 Å². The molecule has 0 atom stereocenters. The van der Waals surface area contributed by atoms with E-state index in [-0.39, 0.29) is 55.9 Å². The van der Waals surface area contributed by atoms with Gasteiger partial charge in [0.2, 0.25) is 0 Å². The van der Waals surface area contributed by atoms with Gasteiger partial charge in [0, 0.05) is 4.92 Å². The topological polar surface area (TPSA) is 61.6 Å². The van der Waals surface area contributed by atoms with E-state index in [1.807, 2.05) is 0 Å². The van der Waals surface area contributed by atoms with Crippen molar-refractivity contribution in [2.75, 3.05) is 20.0 Å². The first kappa shape index (κ1) is 10.3. The minimum Gasteiger partial charge on any atom is -1.00 e. The molecule has 6 heteroatoms. The standard InChI is InChI=1S/C4H7NO4.Na.H/c6-5(7)4-1-8-3-9-2-4;;/h4H,1-3H2;;/q;+1;-1. The molecule has 0 aromatic heterocycles. The van der Waals surface area contributed by atoms with Gasteiger partial charge in [0.05, 0.1) is 0 Å². The quantitative estimate of drug-likeness (QED) is 0.228. The molecule has 1 rings (SSSR count). The smallest absolute Gasteiger partial charge is 1.00 e. The van der Waals surface area contributed by atoms with Crippen molar-refractivity contribution in [3.8, 4) is 0 Å². The second-order valence-corrected chi connectivity index (χ2v) is 1.80. The van der Waals surface area contributed by atoms with Crippen molar-refractivity contribution in [1.82, 2.24) is 0 Å². The van der Waals surface area contributed by atoms with Crippen LogP contribution in [0, 0.1) is 10.1 Å². The summed E-state index contributed by atoms with van der Waals surface area (Å²) >= 11 is 0. The molecule has 1 saturated heterocycles. The maximum absolute atomic E-state index is 10.00. The van der Waals surface area contributed by atoms with E-state index in [1.54, 1.807) is 0 Å². The van der Waals surface area contributed by atoms with Crippen molar-refractivity contribution < 1.29 is 45.4 Å². The molecule has 0 radical (unpaired) electrons. The Morgan fingerprint density at radius 3 is 2.30 bits per heavy atom. The van der Waals surface area contributed by atoms with Crippen LogP contribution in [0.4, 0.5) is 0 Å². The summed E-state index contributed by atoms with van der Waals surface area (Å²) in [5.41, 5.74) is 0. The van der Waals surface area contributed by atoms with Crippen molar-refractivity contribution in [3.05, 3.63) is 10.1 Å². The van der Waals surface area contributed by atoms with Crippen molar-refractivity contribution >= 4 is 0 Å². The first-order valence-corrected chi connectivity index (χ1v) is 2.59. The molecule has 0 amide bonds. The van der Waals surface area contributed by atoms with E-state index in [2.05, 4.69) is 9.47 Å². The summed E-state index contributed by atoms with van der Waals surface area (Å²) in [6.07, 6.45) is 0. The predicted molar refractivity (Wildman–Crippen MR) is 28.7 cm³/mol. The fourth-order valence-electron chi connectivity index (χ4n) is 0.597. The molecule has 5 nitrogen and oxygen atoms in total. The Morgan fingerprint density at radius 2 is 2.00 bits per heavy atom. The number of hydrogen-bond acceptors (Lipinski definition) is 4. The van der Waals surface area contributed by atoms with Gasteiger partial charge >= 0.3 is 29.6 Å². The van der Waals surface area contributed by atoms with E-state index >= 15 is 0 Å². The molecule has 0 saturated carbocycles. The molecule has 1 fully saturated rings. The Morgan fingerprint density at radius 1 is 1.50 bits per heavy atom. The molecule has 10 heavy (non-hydrogen) atoms. The second-order valence-electron chi connectivity index (χ2n) is 1.80. The Balaban J connectivity index is 0. The number of nitrogens with zero attached hydrogens (tertiary/aromatic N) is 1. The Labute approximate surface area is 81.6 Å². The first-order chi connectivity index (χ1) is 4.30. The van der Waals surface area contributed by atoms with E-state index < -0.39 is 6.04 Å². The normalized spacial score (nSPS) is 19.6. The number of ether oxygens (including phenoxy) is 2. The molecule has 0 aromatic rings. The van der Waals surface area contributed by atoms with Crippen LogP contribution in [0.3, 0.4) is 0 Å². The predicted octanol–water partition coefficient (Wildman–Crippen LogP) is -3.25. The van der Waals surface area contributed by atoms with Crippen LogP contribution in [0.1, 0.15) is 1.43 Å². The van der Waals surface area contributed by atoms with Gasteiger partial charge in [0.25, 0.3) is 6.04 Å². The summed E-state index contributed by atoms with van der Waals surface area (Å²) < 4.78 is 9.36. The SMILES string of the molecule is O=[N+]([O-])C1COCOC1.[H-].[Na+]. The van der Waals surface area contributed by atoms with E-state index in [4.69, 9.17) is 0 Å². The molecule has 1 aliphatic rings. The first-order valence-electron chi connectivity index (χ1n) is 2.59. The Bertz CT molecular complexity index is 119. The minimum atomic E-state index is -0.668. The number of hydrogen-bond donors (Lipinski definition) is 0. The molecule has 0 aliphatic carbocycles. The number of nitro groups is 1. The van der Waals surface area contributed by atoms with Crippen LogP contribution in [-0.2, 0) is 9.47 Å². The van der Waals surface area contributed by atoms with Crippen LogP contribution in [0.25, 0.3) is 0 Å². The maximum atomic E-state index is 10.00. The van der Waals surface area contributed by atoms with Gasteiger partial charge < -0.3 is 10.9 Å². The molecule has 0 N–H and O–H groups in total. The third-order valence-electron chi connectivity index (χ3n) is 1.09. The van der Waals surface area contributed by atoms with Crippen molar-refractivity contribution in [2.24, 2.45) is 0 Å². The molecule has 1 heterocycles. The van der Waals surface area contributed by atoms with Crippen LogP contribution in [0.15, 0.2) is 0 Å². The molecule has 0 aromatic carbocycles. The van der Waals surface area contributed by atoms with Gasteiger partial charge in [0.15, 0.2) is 0 Å². The van der Waals surface area contributed by atoms with Crippen LogP contribution < -0.4 is 29.6 Å². The fourth-order valence-corrected chi connectivity index (χ4v) is 0.597. The van der Waals surface area contributed by atoms with Gasteiger partial charge in [-0.05, 0) is 0 Å². The van der Waals surface area contributed by atoms with Gasteiger partial charge in [-0.25, -0.2) is 0 Å². The van der Waals surface area contributed by atoms with Crippen LogP contribution in [0.5, 0.6) is 0 Å². The van der Waals surface area contributed by atoms with Gasteiger partial charge in [-0.1, -0.05) is 0 Å².